The van der Waals surface area contributed by atoms with Crippen molar-refractivity contribution in [2.45, 2.75) is 12.8 Å². The molecular weight excluding hydrogens is 369 g/mol. The number of rotatable bonds is 5. The highest BCUT2D eigenvalue weighted by Crippen LogP contribution is 2.30. The second-order valence-corrected chi connectivity index (χ2v) is 6.55. The summed E-state index contributed by atoms with van der Waals surface area (Å²) in [6.07, 6.45) is 1.84. The van der Waals surface area contributed by atoms with Crippen molar-refractivity contribution in [3.05, 3.63) is 52.8 Å². The zero-order valence-electron chi connectivity index (χ0n) is 15.1. The van der Waals surface area contributed by atoms with E-state index in [1.54, 1.807) is 13.2 Å². The number of hydrogen-bond donors (Lipinski definition) is 1. The van der Waals surface area contributed by atoms with Crippen molar-refractivity contribution in [1.29, 1.82) is 0 Å². The molecule has 1 saturated heterocycles. The Balaban J connectivity index is 1.91. The van der Waals surface area contributed by atoms with Crippen LogP contribution in [0.5, 0.6) is 5.75 Å². The van der Waals surface area contributed by atoms with Crippen LogP contribution in [0.3, 0.4) is 0 Å². The normalized spacial score (nSPS) is 14.3. The summed E-state index contributed by atoms with van der Waals surface area (Å²) in [5, 5.41) is 3.30. The monoisotopic (exact) mass is 389 g/mol. The SMILES string of the molecule is COCOc1cccc(Nc2ccc(F)c(Cl)c2)c1C#CC1CCOCC1. The van der Waals surface area contributed by atoms with E-state index in [0.29, 0.717) is 17.4 Å². The maximum atomic E-state index is 13.4. The zero-order valence-corrected chi connectivity index (χ0v) is 15.8. The van der Waals surface area contributed by atoms with Crippen LogP contribution in [0.2, 0.25) is 5.02 Å². The Bertz CT molecular complexity index is 841. The Morgan fingerprint density at radius 2 is 2.07 bits per heavy atom. The molecule has 1 aliphatic rings. The van der Waals surface area contributed by atoms with Crippen LogP contribution in [0, 0.1) is 23.6 Å². The smallest absolute Gasteiger partial charge is 0.188 e. The highest BCUT2D eigenvalue weighted by molar-refractivity contribution is 6.31. The molecule has 27 heavy (non-hydrogen) atoms. The van der Waals surface area contributed by atoms with Gasteiger partial charge in [-0.3, -0.25) is 0 Å². The van der Waals surface area contributed by atoms with Gasteiger partial charge in [0.15, 0.2) is 6.79 Å². The highest BCUT2D eigenvalue weighted by atomic mass is 35.5. The fourth-order valence-electron chi connectivity index (χ4n) is 2.75. The molecule has 1 fully saturated rings. The van der Waals surface area contributed by atoms with Crippen LogP contribution in [-0.4, -0.2) is 27.1 Å². The Morgan fingerprint density at radius 1 is 1.26 bits per heavy atom. The predicted molar refractivity (Wildman–Crippen MR) is 104 cm³/mol. The third-order valence-corrected chi connectivity index (χ3v) is 4.47. The fourth-order valence-corrected chi connectivity index (χ4v) is 2.93. The largest absolute Gasteiger partial charge is 0.466 e. The first-order valence-corrected chi connectivity index (χ1v) is 9.11. The third kappa shape index (κ3) is 5.36. The van der Waals surface area contributed by atoms with E-state index in [2.05, 4.69) is 17.2 Å². The molecule has 1 aliphatic heterocycles. The van der Waals surface area contributed by atoms with Gasteiger partial charge >= 0.3 is 0 Å². The van der Waals surface area contributed by atoms with Gasteiger partial charge in [-0.2, -0.15) is 0 Å². The Kier molecular flexibility index (Phi) is 6.94. The van der Waals surface area contributed by atoms with Crippen molar-refractivity contribution in [2.75, 3.05) is 32.4 Å². The molecule has 0 aromatic heterocycles. The second-order valence-electron chi connectivity index (χ2n) is 6.14. The lowest BCUT2D eigenvalue weighted by Gasteiger charge is -2.17. The molecule has 1 heterocycles. The van der Waals surface area contributed by atoms with E-state index in [1.165, 1.54) is 12.1 Å². The molecule has 0 atom stereocenters. The molecule has 2 aromatic rings. The van der Waals surface area contributed by atoms with Crippen LogP contribution in [-0.2, 0) is 9.47 Å². The molecule has 0 spiro atoms. The number of ether oxygens (including phenoxy) is 3. The summed E-state index contributed by atoms with van der Waals surface area (Å²) in [5.41, 5.74) is 2.15. The van der Waals surface area contributed by atoms with Crippen molar-refractivity contribution >= 4 is 23.0 Å². The number of benzene rings is 2. The van der Waals surface area contributed by atoms with Gasteiger partial charge in [-0.15, -0.1) is 0 Å². The number of anilines is 2. The van der Waals surface area contributed by atoms with Gasteiger partial charge in [0.2, 0.25) is 0 Å². The number of hydrogen-bond acceptors (Lipinski definition) is 4. The maximum absolute atomic E-state index is 13.4. The van der Waals surface area contributed by atoms with E-state index in [0.717, 1.165) is 37.3 Å². The van der Waals surface area contributed by atoms with E-state index in [9.17, 15) is 4.39 Å². The number of nitrogens with one attached hydrogen (secondary N) is 1. The summed E-state index contributed by atoms with van der Waals surface area (Å²) >= 11 is 5.89. The molecule has 0 aliphatic carbocycles. The van der Waals surface area contributed by atoms with Crippen LogP contribution in [0.1, 0.15) is 18.4 Å². The molecule has 4 nitrogen and oxygen atoms in total. The minimum atomic E-state index is -0.459. The van der Waals surface area contributed by atoms with Crippen molar-refractivity contribution in [1.82, 2.24) is 0 Å². The van der Waals surface area contributed by atoms with Crippen LogP contribution in [0.25, 0.3) is 0 Å². The van der Waals surface area contributed by atoms with Crippen molar-refractivity contribution < 1.29 is 18.6 Å². The number of methoxy groups -OCH3 is 1. The van der Waals surface area contributed by atoms with Crippen LogP contribution in [0.15, 0.2) is 36.4 Å². The molecule has 1 N–H and O–H groups in total. The molecule has 6 heteroatoms. The van der Waals surface area contributed by atoms with Gasteiger partial charge in [0.05, 0.1) is 16.3 Å². The van der Waals surface area contributed by atoms with Gasteiger partial charge in [0.1, 0.15) is 11.6 Å². The van der Waals surface area contributed by atoms with E-state index >= 15 is 0 Å². The molecule has 0 radical (unpaired) electrons. The van der Waals surface area contributed by atoms with Crippen molar-refractivity contribution in [3.8, 4) is 17.6 Å². The van der Waals surface area contributed by atoms with Gasteiger partial charge in [0, 0.05) is 31.9 Å². The molecular formula is C21H21ClFNO3. The van der Waals surface area contributed by atoms with E-state index in [-0.39, 0.29) is 11.8 Å². The van der Waals surface area contributed by atoms with Crippen molar-refractivity contribution in [2.24, 2.45) is 5.92 Å². The van der Waals surface area contributed by atoms with Crippen LogP contribution in [0.4, 0.5) is 15.8 Å². The minimum Gasteiger partial charge on any atom is -0.466 e. The van der Waals surface area contributed by atoms with Gasteiger partial charge < -0.3 is 19.5 Å². The molecule has 0 saturated carbocycles. The lowest BCUT2D eigenvalue weighted by Crippen LogP contribution is -2.14. The molecule has 0 bridgehead atoms. The molecule has 0 unspecified atom stereocenters. The van der Waals surface area contributed by atoms with E-state index in [1.807, 2.05) is 18.2 Å². The molecule has 3 rings (SSSR count). The first kappa shape index (κ1) is 19.5. The third-order valence-electron chi connectivity index (χ3n) is 4.18. The van der Waals surface area contributed by atoms with E-state index in [4.69, 9.17) is 25.8 Å². The molecule has 142 valence electrons. The van der Waals surface area contributed by atoms with Gasteiger partial charge in [-0.25, -0.2) is 4.39 Å². The standard InChI is InChI=1S/C21H21ClFNO3/c1-25-14-27-21-4-2-3-20(24-16-6-8-19(23)18(22)13-16)17(21)7-5-15-9-11-26-12-10-15/h2-4,6,8,13,15,24H,9-12,14H2,1H3. The first-order valence-electron chi connectivity index (χ1n) is 8.73. The predicted octanol–water partition coefficient (Wildman–Crippen LogP) is 4.98. The average molecular weight is 390 g/mol. The quantitative estimate of drug-likeness (QED) is 0.578. The van der Waals surface area contributed by atoms with E-state index < -0.39 is 5.82 Å². The lowest BCUT2D eigenvalue weighted by molar-refractivity contribution is 0.0510. The summed E-state index contributed by atoms with van der Waals surface area (Å²) in [6.45, 7) is 1.60. The lowest BCUT2D eigenvalue weighted by atomic mass is 10.0. The van der Waals surface area contributed by atoms with Gasteiger partial charge in [-0.05, 0) is 43.2 Å². The van der Waals surface area contributed by atoms with Gasteiger partial charge in [0.25, 0.3) is 0 Å². The fraction of sp³-hybridized carbons (Fsp3) is 0.333. The zero-order chi connectivity index (χ0) is 19.1. The Labute approximate surface area is 163 Å². The summed E-state index contributed by atoms with van der Waals surface area (Å²) in [6, 6.07) is 10.1. The summed E-state index contributed by atoms with van der Waals surface area (Å²) in [4.78, 5) is 0. The number of halogens is 2. The summed E-state index contributed by atoms with van der Waals surface area (Å²) < 4.78 is 29.5. The minimum absolute atomic E-state index is 0.0571. The first-order chi connectivity index (χ1) is 13.2. The summed E-state index contributed by atoms with van der Waals surface area (Å²) in [5.74, 6) is 7.03. The highest BCUT2D eigenvalue weighted by Gasteiger charge is 2.13. The Hall–Kier alpha value is -2.26. The molecule has 2 aromatic carbocycles. The molecule has 0 amide bonds. The maximum Gasteiger partial charge on any atom is 0.188 e. The van der Waals surface area contributed by atoms with Crippen molar-refractivity contribution in [3.63, 3.8) is 0 Å². The average Bonchev–Trinajstić information content (AvgIpc) is 2.69. The second kappa shape index (κ2) is 9.61. The topological polar surface area (TPSA) is 39.7 Å². The van der Waals surface area contributed by atoms with Gasteiger partial charge in [-0.1, -0.05) is 29.5 Å². The van der Waals surface area contributed by atoms with Crippen LogP contribution >= 0.6 is 11.6 Å². The Morgan fingerprint density at radius 3 is 2.81 bits per heavy atom. The van der Waals surface area contributed by atoms with Crippen LogP contribution < -0.4 is 10.1 Å². The summed E-state index contributed by atoms with van der Waals surface area (Å²) in [7, 11) is 1.57.